The zero-order chi connectivity index (χ0) is 22.0. The van der Waals surface area contributed by atoms with Crippen molar-refractivity contribution in [2.75, 3.05) is 27.2 Å². The van der Waals surface area contributed by atoms with Crippen molar-refractivity contribution >= 4 is 22.1 Å². The van der Waals surface area contributed by atoms with Gasteiger partial charge >= 0.3 is 12.1 Å². The van der Waals surface area contributed by atoms with Crippen LogP contribution in [0.25, 0.3) is 0 Å². The van der Waals surface area contributed by atoms with Crippen LogP contribution in [0.1, 0.15) is 32.8 Å². The topological polar surface area (TPSA) is 104 Å². The molecule has 1 aromatic carbocycles. The molecule has 1 heterocycles. The molecule has 1 fully saturated rings. The molecule has 0 unspecified atom stereocenters. The van der Waals surface area contributed by atoms with Crippen LogP contribution < -0.4 is 0 Å². The Hall–Kier alpha value is -2.13. The zero-order valence-corrected chi connectivity index (χ0v) is 18.4. The van der Waals surface area contributed by atoms with Gasteiger partial charge in [0.2, 0.25) is 10.0 Å². The quantitative estimate of drug-likeness (QED) is 0.749. The van der Waals surface area contributed by atoms with Gasteiger partial charge in [-0.2, -0.15) is 0 Å². The molecule has 1 N–H and O–H groups in total. The molecule has 1 aliphatic rings. The molecule has 1 amide bonds. The number of rotatable bonds is 6. The maximum absolute atomic E-state index is 12.3. The summed E-state index contributed by atoms with van der Waals surface area (Å²) in [4.78, 5) is 25.9. The van der Waals surface area contributed by atoms with Crippen molar-refractivity contribution in [3.05, 3.63) is 29.8 Å². The summed E-state index contributed by atoms with van der Waals surface area (Å²) >= 11 is 0. The van der Waals surface area contributed by atoms with Crippen LogP contribution in [0.5, 0.6) is 0 Å². The summed E-state index contributed by atoms with van der Waals surface area (Å²) in [5.41, 5.74) is 0.0239. The third-order valence-corrected chi connectivity index (χ3v) is 6.71. The van der Waals surface area contributed by atoms with Gasteiger partial charge in [0.1, 0.15) is 5.60 Å². The fourth-order valence-corrected chi connectivity index (χ4v) is 4.33. The van der Waals surface area contributed by atoms with Crippen LogP contribution in [0, 0.1) is 11.8 Å². The Morgan fingerprint density at radius 1 is 1.31 bits per heavy atom. The van der Waals surface area contributed by atoms with Gasteiger partial charge in [-0.1, -0.05) is 12.1 Å². The van der Waals surface area contributed by atoms with Gasteiger partial charge in [-0.25, -0.2) is 17.5 Å². The number of carbonyl (C=O) groups excluding carboxylic acids is 1. The van der Waals surface area contributed by atoms with Crippen molar-refractivity contribution < 1.29 is 27.9 Å². The van der Waals surface area contributed by atoms with Crippen LogP contribution in [0.4, 0.5) is 4.79 Å². The molecule has 1 saturated heterocycles. The molecule has 0 saturated carbocycles. The van der Waals surface area contributed by atoms with Gasteiger partial charge in [0.05, 0.1) is 10.8 Å². The first-order valence-corrected chi connectivity index (χ1v) is 11.0. The second kappa shape index (κ2) is 8.71. The molecule has 162 valence electrons. The Morgan fingerprint density at radius 3 is 2.52 bits per heavy atom. The highest BCUT2D eigenvalue weighted by atomic mass is 32.2. The standard InChI is InChI=1S/C20H30N2O6S/c1-20(2,3)28-19(25)22-10-9-15(13-22)17(18(23)24)12-14-7-6-8-16(11-14)29(26,27)21(4)5/h6-8,11,15,17H,9-10,12-13H2,1-5H3,(H,23,24)/t15-,17-/m0/s1. The van der Waals surface area contributed by atoms with Crippen molar-refractivity contribution in [1.82, 2.24) is 9.21 Å². The van der Waals surface area contributed by atoms with Gasteiger partial charge in [-0.05, 0) is 57.2 Å². The first kappa shape index (κ1) is 23.2. The molecule has 9 heteroatoms. The molecule has 1 aliphatic heterocycles. The second-order valence-electron chi connectivity index (χ2n) is 8.56. The van der Waals surface area contributed by atoms with E-state index in [9.17, 15) is 23.1 Å². The Kier molecular flexibility index (Phi) is 6.95. The molecule has 0 bridgehead atoms. The average molecular weight is 427 g/mol. The SMILES string of the molecule is CN(C)S(=O)(=O)c1cccc(C[C@H](C(=O)O)[C@H]2CCN(C(=O)OC(C)(C)C)C2)c1. The maximum atomic E-state index is 12.3. The van der Waals surface area contributed by atoms with E-state index in [4.69, 9.17) is 4.74 Å². The predicted molar refractivity (Wildman–Crippen MR) is 108 cm³/mol. The number of sulfonamides is 1. The number of nitrogens with zero attached hydrogens (tertiary/aromatic N) is 2. The molecule has 0 aliphatic carbocycles. The molecule has 2 rings (SSSR count). The van der Waals surface area contributed by atoms with Gasteiger partial charge in [0, 0.05) is 27.2 Å². The predicted octanol–water partition coefficient (Wildman–Crippen LogP) is 2.44. The van der Waals surface area contributed by atoms with E-state index >= 15 is 0 Å². The number of hydrogen-bond donors (Lipinski definition) is 1. The van der Waals surface area contributed by atoms with E-state index in [0.29, 0.717) is 25.1 Å². The normalized spacial score (nSPS) is 18.7. The smallest absolute Gasteiger partial charge is 0.410 e. The number of ether oxygens (including phenoxy) is 1. The van der Waals surface area contributed by atoms with Crippen LogP contribution >= 0.6 is 0 Å². The maximum Gasteiger partial charge on any atom is 0.410 e. The minimum absolute atomic E-state index is 0.131. The van der Waals surface area contributed by atoms with Gasteiger partial charge in [0.25, 0.3) is 0 Å². The molecular formula is C20H30N2O6S. The van der Waals surface area contributed by atoms with Crippen LogP contribution in [-0.2, 0) is 26.0 Å². The molecule has 0 spiro atoms. The van der Waals surface area contributed by atoms with Gasteiger partial charge in [-0.3, -0.25) is 4.79 Å². The zero-order valence-electron chi connectivity index (χ0n) is 17.6. The van der Waals surface area contributed by atoms with E-state index in [1.807, 2.05) is 0 Å². The van der Waals surface area contributed by atoms with Crippen molar-refractivity contribution in [2.45, 2.75) is 44.1 Å². The largest absolute Gasteiger partial charge is 0.481 e. The number of carboxylic acids is 1. The van der Waals surface area contributed by atoms with E-state index in [-0.39, 0.29) is 17.2 Å². The summed E-state index contributed by atoms with van der Waals surface area (Å²) in [6, 6.07) is 6.36. The van der Waals surface area contributed by atoms with E-state index in [1.165, 1.54) is 26.2 Å². The highest BCUT2D eigenvalue weighted by Crippen LogP contribution is 2.29. The lowest BCUT2D eigenvalue weighted by molar-refractivity contribution is -0.143. The Balaban J connectivity index is 2.14. The Bertz CT molecular complexity index is 860. The molecule has 8 nitrogen and oxygen atoms in total. The number of carboxylic acid groups (broad SMARTS) is 1. The van der Waals surface area contributed by atoms with E-state index in [0.717, 1.165) is 4.31 Å². The Morgan fingerprint density at radius 2 is 1.97 bits per heavy atom. The second-order valence-corrected chi connectivity index (χ2v) is 10.7. The van der Waals surface area contributed by atoms with E-state index < -0.39 is 33.6 Å². The minimum Gasteiger partial charge on any atom is -0.481 e. The fourth-order valence-electron chi connectivity index (χ4n) is 3.36. The number of likely N-dealkylation sites (tertiary alicyclic amines) is 1. The highest BCUT2D eigenvalue weighted by molar-refractivity contribution is 7.89. The van der Waals surface area contributed by atoms with Crippen LogP contribution in [-0.4, -0.2) is 67.6 Å². The lowest BCUT2D eigenvalue weighted by Gasteiger charge is -2.25. The van der Waals surface area contributed by atoms with Crippen molar-refractivity contribution in [2.24, 2.45) is 11.8 Å². The molecule has 29 heavy (non-hydrogen) atoms. The number of benzene rings is 1. The van der Waals surface area contributed by atoms with Gasteiger partial charge in [0.15, 0.2) is 0 Å². The third kappa shape index (κ3) is 5.93. The molecule has 0 aromatic heterocycles. The fraction of sp³-hybridized carbons (Fsp3) is 0.600. The first-order valence-electron chi connectivity index (χ1n) is 9.53. The number of amides is 1. The molecule has 1 aromatic rings. The molecular weight excluding hydrogens is 396 g/mol. The van der Waals surface area contributed by atoms with Crippen LogP contribution in [0.3, 0.4) is 0 Å². The van der Waals surface area contributed by atoms with Crippen molar-refractivity contribution in [3.8, 4) is 0 Å². The van der Waals surface area contributed by atoms with Crippen LogP contribution in [0.15, 0.2) is 29.2 Å². The summed E-state index contributed by atoms with van der Waals surface area (Å²) < 4.78 is 31.2. The molecule has 0 radical (unpaired) electrons. The van der Waals surface area contributed by atoms with Crippen molar-refractivity contribution in [3.63, 3.8) is 0 Å². The lowest BCUT2D eigenvalue weighted by atomic mass is 9.86. The summed E-state index contributed by atoms with van der Waals surface area (Å²) in [6.45, 7) is 6.10. The summed E-state index contributed by atoms with van der Waals surface area (Å²) in [6.07, 6.45) is 0.313. The van der Waals surface area contributed by atoms with E-state index in [1.54, 1.807) is 37.8 Å². The number of hydrogen-bond acceptors (Lipinski definition) is 5. The Labute approximate surface area is 172 Å². The minimum atomic E-state index is -3.60. The summed E-state index contributed by atoms with van der Waals surface area (Å²) in [5, 5.41) is 9.76. The van der Waals surface area contributed by atoms with Crippen molar-refractivity contribution in [1.29, 1.82) is 0 Å². The highest BCUT2D eigenvalue weighted by Gasteiger charge is 2.37. The lowest BCUT2D eigenvalue weighted by Crippen LogP contribution is -2.36. The first-order chi connectivity index (χ1) is 13.3. The van der Waals surface area contributed by atoms with Gasteiger partial charge in [-0.15, -0.1) is 0 Å². The third-order valence-electron chi connectivity index (χ3n) is 4.90. The summed E-state index contributed by atoms with van der Waals surface area (Å²) in [5.74, 6) is -1.91. The number of carbonyl (C=O) groups is 2. The molecule has 2 atom stereocenters. The average Bonchev–Trinajstić information content (AvgIpc) is 3.08. The van der Waals surface area contributed by atoms with Gasteiger partial charge < -0.3 is 14.7 Å². The summed E-state index contributed by atoms with van der Waals surface area (Å²) in [7, 11) is -0.695. The monoisotopic (exact) mass is 426 g/mol. The van der Waals surface area contributed by atoms with Crippen LogP contribution in [0.2, 0.25) is 0 Å². The van der Waals surface area contributed by atoms with E-state index in [2.05, 4.69) is 0 Å². The number of aliphatic carboxylic acids is 1.